The summed E-state index contributed by atoms with van der Waals surface area (Å²) in [7, 11) is 1.87. The molecular formula is C27H27F4N5O2. The van der Waals surface area contributed by atoms with Gasteiger partial charge in [-0.15, -0.1) is 10.2 Å². The first-order chi connectivity index (χ1) is 18.1. The molecule has 0 N–H and O–H groups in total. The Balaban J connectivity index is 1.31. The van der Waals surface area contributed by atoms with Gasteiger partial charge in [0.25, 0.3) is 5.91 Å². The van der Waals surface area contributed by atoms with E-state index in [4.69, 9.17) is 4.74 Å². The van der Waals surface area contributed by atoms with Gasteiger partial charge in [0, 0.05) is 49.8 Å². The van der Waals surface area contributed by atoms with Crippen LogP contribution in [-0.2, 0) is 42.9 Å². The topological polar surface area (TPSA) is 63.5 Å². The fraction of sp³-hybridized carbons (Fsp3) is 0.444. The molecule has 6 rings (SSSR count). The van der Waals surface area contributed by atoms with Gasteiger partial charge < -0.3 is 14.2 Å². The van der Waals surface area contributed by atoms with E-state index in [1.54, 1.807) is 17.3 Å². The molecule has 0 aliphatic carbocycles. The number of rotatable bonds is 6. The number of amides is 1. The van der Waals surface area contributed by atoms with Crippen molar-refractivity contribution < 1.29 is 27.1 Å². The lowest BCUT2D eigenvalue weighted by atomic mass is 9.75. The standard InChI is InChI=1S/C27H27F4N5O2/c1-34-16-32-33-24(34)10-26(14-38-15-26)18-3-2-4-20(9-18)36-13-22-21(25(36)37)7-17(8-23(22)27(29,30)31)11-35-6-5-19(28)12-35/h2-4,7-9,16,19H,5-6,10-15H2,1H3. The number of fused-ring (bicyclic) bond motifs is 1. The van der Waals surface area contributed by atoms with Gasteiger partial charge in [0.1, 0.15) is 18.3 Å². The van der Waals surface area contributed by atoms with Crippen LogP contribution in [0.5, 0.6) is 0 Å². The van der Waals surface area contributed by atoms with Crippen molar-refractivity contribution >= 4 is 11.6 Å². The summed E-state index contributed by atoms with van der Waals surface area (Å²) in [6, 6.07) is 10.0. The normalized spacial score (nSPS) is 21.1. The van der Waals surface area contributed by atoms with Gasteiger partial charge in [-0.2, -0.15) is 13.2 Å². The number of benzene rings is 2. The number of carbonyl (C=O) groups excluding carboxylic acids is 1. The van der Waals surface area contributed by atoms with Crippen LogP contribution in [0, 0.1) is 0 Å². The van der Waals surface area contributed by atoms with E-state index in [2.05, 4.69) is 10.2 Å². The third kappa shape index (κ3) is 4.37. The van der Waals surface area contributed by atoms with Crippen molar-refractivity contribution in [3.63, 3.8) is 0 Å². The van der Waals surface area contributed by atoms with Crippen molar-refractivity contribution in [2.45, 2.75) is 43.7 Å². The first-order valence-corrected chi connectivity index (χ1v) is 12.6. The molecule has 1 unspecified atom stereocenters. The Kier molecular flexibility index (Phi) is 6.03. The number of anilines is 1. The second-order valence-electron chi connectivity index (χ2n) is 10.5. The van der Waals surface area contributed by atoms with Gasteiger partial charge in [0.15, 0.2) is 0 Å². The fourth-order valence-electron chi connectivity index (χ4n) is 5.70. The summed E-state index contributed by atoms with van der Waals surface area (Å²) in [6.45, 7) is 1.60. The second kappa shape index (κ2) is 9.16. The summed E-state index contributed by atoms with van der Waals surface area (Å²) < 4.78 is 63.4. The largest absolute Gasteiger partial charge is 0.416 e. The highest BCUT2D eigenvalue weighted by Crippen LogP contribution is 2.42. The molecule has 2 aromatic carbocycles. The van der Waals surface area contributed by atoms with Crippen LogP contribution in [0.4, 0.5) is 23.2 Å². The highest BCUT2D eigenvalue weighted by atomic mass is 19.4. The van der Waals surface area contributed by atoms with Crippen LogP contribution in [0.3, 0.4) is 0 Å². The number of alkyl halides is 4. The molecule has 0 saturated carbocycles. The highest BCUT2D eigenvalue weighted by molar-refractivity contribution is 6.10. The summed E-state index contributed by atoms with van der Waals surface area (Å²) in [5, 5.41) is 8.14. The Labute approximate surface area is 217 Å². The summed E-state index contributed by atoms with van der Waals surface area (Å²) in [4.78, 5) is 16.7. The molecular weight excluding hydrogens is 502 g/mol. The van der Waals surface area contributed by atoms with Crippen molar-refractivity contribution in [1.82, 2.24) is 19.7 Å². The quantitative estimate of drug-likeness (QED) is 0.451. The first kappa shape index (κ1) is 25.0. The van der Waals surface area contributed by atoms with Gasteiger partial charge in [0.05, 0.1) is 25.3 Å². The predicted octanol–water partition coefficient (Wildman–Crippen LogP) is 4.05. The van der Waals surface area contributed by atoms with Gasteiger partial charge in [-0.25, -0.2) is 4.39 Å². The summed E-state index contributed by atoms with van der Waals surface area (Å²) in [6.07, 6.45) is -3.02. The molecule has 3 aliphatic rings. The maximum absolute atomic E-state index is 14.1. The number of hydrogen-bond acceptors (Lipinski definition) is 5. The minimum absolute atomic E-state index is 0.0257. The Bertz CT molecular complexity index is 1380. The van der Waals surface area contributed by atoms with Crippen molar-refractivity contribution in [3.8, 4) is 0 Å². The van der Waals surface area contributed by atoms with Crippen LogP contribution < -0.4 is 4.90 Å². The van der Waals surface area contributed by atoms with Crippen LogP contribution in [0.25, 0.3) is 0 Å². The van der Waals surface area contributed by atoms with E-state index in [9.17, 15) is 22.4 Å². The van der Waals surface area contributed by atoms with E-state index in [0.717, 1.165) is 17.5 Å². The zero-order valence-electron chi connectivity index (χ0n) is 20.8. The molecule has 1 amide bonds. The lowest BCUT2D eigenvalue weighted by Crippen LogP contribution is -2.49. The van der Waals surface area contributed by atoms with Crippen molar-refractivity contribution in [2.24, 2.45) is 7.05 Å². The predicted molar refractivity (Wildman–Crippen MR) is 130 cm³/mol. The molecule has 200 valence electrons. The van der Waals surface area contributed by atoms with E-state index < -0.39 is 23.8 Å². The van der Waals surface area contributed by atoms with Crippen LogP contribution in [-0.4, -0.2) is 58.0 Å². The van der Waals surface area contributed by atoms with E-state index >= 15 is 0 Å². The number of likely N-dealkylation sites (tertiary alicyclic amines) is 1. The van der Waals surface area contributed by atoms with Crippen molar-refractivity contribution in [2.75, 3.05) is 31.2 Å². The molecule has 38 heavy (non-hydrogen) atoms. The number of aromatic nitrogens is 3. The Hall–Kier alpha value is -3.31. The van der Waals surface area contributed by atoms with E-state index in [1.165, 1.54) is 11.0 Å². The van der Waals surface area contributed by atoms with Gasteiger partial charge >= 0.3 is 6.18 Å². The number of hydrogen-bond donors (Lipinski definition) is 0. The lowest BCUT2D eigenvalue weighted by molar-refractivity contribution is -0.138. The number of halogens is 4. The van der Waals surface area contributed by atoms with E-state index in [0.29, 0.717) is 43.9 Å². The molecule has 3 aromatic rings. The van der Waals surface area contributed by atoms with Gasteiger partial charge in [-0.3, -0.25) is 9.69 Å². The maximum atomic E-state index is 14.1. The van der Waals surface area contributed by atoms with Crippen LogP contribution in [0.1, 0.15) is 44.9 Å². The zero-order chi connectivity index (χ0) is 26.7. The minimum atomic E-state index is -4.62. The molecule has 11 heteroatoms. The lowest BCUT2D eigenvalue weighted by Gasteiger charge is -2.42. The van der Waals surface area contributed by atoms with Crippen LogP contribution in [0.2, 0.25) is 0 Å². The highest BCUT2D eigenvalue weighted by Gasteiger charge is 2.43. The van der Waals surface area contributed by atoms with E-state index in [1.807, 2.05) is 29.8 Å². The molecule has 0 bridgehead atoms. The third-order valence-electron chi connectivity index (χ3n) is 7.86. The molecule has 1 atom stereocenters. The zero-order valence-corrected chi connectivity index (χ0v) is 20.8. The smallest absolute Gasteiger partial charge is 0.379 e. The van der Waals surface area contributed by atoms with Gasteiger partial charge in [0.2, 0.25) is 0 Å². The molecule has 4 heterocycles. The number of ether oxygens (including phenoxy) is 1. The summed E-state index contributed by atoms with van der Waals surface area (Å²) in [5.74, 6) is 0.323. The third-order valence-corrected chi connectivity index (χ3v) is 7.86. The molecule has 7 nitrogen and oxygen atoms in total. The number of nitrogens with zero attached hydrogens (tertiary/aromatic N) is 5. The number of carbonyl (C=O) groups is 1. The second-order valence-corrected chi connectivity index (χ2v) is 10.5. The first-order valence-electron chi connectivity index (χ1n) is 12.6. The Morgan fingerprint density at radius 2 is 2.00 bits per heavy atom. The fourth-order valence-corrected chi connectivity index (χ4v) is 5.70. The molecule has 2 saturated heterocycles. The molecule has 2 fully saturated rings. The average molecular weight is 530 g/mol. The summed E-state index contributed by atoms with van der Waals surface area (Å²) in [5.41, 5.74) is 0.685. The SMILES string of the molecule is Cn1cnnc1CC1(c2cccc(N3Cc4c(cc(CN5CCC(F)C5)cc4C(F)(F)F)C3=O)c2)COC1. The maximum Gasteiger partial charge on any atom is 0.416 e. The van der Waals surface area contributed by atoms with Crippen molar-refractivity contribution in [1.29, 1.82) is 0 Å². The van der Waals surface area contributed by atoms with Crippen LogP contribution >= 0.6 is 0 Å². The number of aryl methyl sites for hydroxylation is 1. The van der Waals surface area contributed by atoms with Crippen LogP contribution in [0.15, 0.2) is 42.7 Å². The average Bonchev–Trinajstić information content (AvgIpc) is 3.54. The summed E-state index contributed by atoms with van der Waals surface area (Å²) >= 11 is 0. The van der Waals surface area contributed by atoms with Gasteiger partial charge in [-0.1, -0.05) is 12.1 Å². The van der Waals surface area contributed by atoms with E-state index in [-0.39, 0.29) is 36.2 Å². The minimum Gasteiger partial charge on any atom is -0.379 e. The molecule has 3 aliphatic heterocycles. The molecule has 0 spiro atoms. The monoisotopic (exact) mass is 529 g/mol. The van der Waals surface area contributed by atoms with Gasteiger partial charge in [-0.05, 0) is 47.4 Å². The molecule has 0 radical (unpaired) electrons. The Morgan fingerprint density at radius 1 is 1.18 bits per heavy atom. The Morgan fingerprint density at radius 3 is 2.63 bits per heavy atom. The molecule has 1 aromatic heterocycles. The van der Waals surface area contributed by atoms with Crippen molar-refractivity contribution in [3.05, 3.63) is 76.4 Å².